The summed E-state index contributed by atoms with van der Waals surface area (Å²) in [6.45, 7) is 2.23. The van der Waals surface area contributed by atoms with Gasteiger partial charge in [-0.2, -0.15) is 0 Å². The lowest BCUT2D eigenvalue weighted by Crippen LogP contribution is -2.24. The first-order chi connectivity index (χ1) is 10.0. The Bertz CT molecular complexity index is 684. The number of carbonyl (C=O) groups excluding carboxylic acids is 1. The maximum atomic E-state index is 12.2. The molecule has 0 aliphatic rings. The first-order valence-electron chi connectivity index (χ1n) is 6.17. The van der Waals surface area contributed by atoms with E-state index in [-0.39, 0.29) is 22.8 Å². The van der Waals surface area contributed by atoms with Crippen LogP contribution in [-0.4, -0.2) is 22.9 Å². The number of rotatable bonds is 5. The van der Waals surface area contributed by atoms with Gasteiger partial charge in [-0.15, -0.1) is 11.3 Å². The molecule has 0 spiro atoms. The fraction of sp³-hybridized carbons (Fsp3) is 0.231. The predicted molar refractivity (Wildman–Crippen MR) is 80.7 cm³/mol. The molecule has 21 heavy (non-hydrogen) atoms. The second-order valence-electron chi connectivity index (χ2n) is 4.25. The molecule has 0 saturated heterocycles. The van der Waals surface area contributed by atoms with Crippen LogP contribution >= 0.6 is 11.3 Å². The standard InChI is InChI=1S/C13H14N4O3S/c1-8-6-15-11(21-8)7-16-13(18)9-4-3-5-10(17(19)20)12(9)14-2/h3-6,14H,7H2,1-2H3,(H,16,18). The molecular formula is C13H14N4O3S. The SMILES string of the molecule is CNc1c(C(=O)NCc2ncc(C)s2)cccc1[N+](=O)[O-]. The van der Waals surface area contributed by atoms with Gasteiger partial charge in [0.15, 0.2) is 0 Å². The third kappa shape index (κ3) is 3.34. The average Bonchev–Trinajstić information content (AvgIpc) is 2.89. The number of nitrogens with one attached hydrogen (secondary N) is 2. The maximum absolute atomic E-state index is 12.2. The van der Waals surface area contributed by atoms with Crippen LogP contribution in [0.25, 0.3) is 0 Å². The number of benzene rings is 1. The number of hydrogen-bond acceptors (Lipinski definition) is 6. The van der Waals surface area contributed by atoms with Crippen LogP contribution in [0.15, 0.2) is 24.4 Å². The minimum absolute atomic E-state index is 0.129. The smallest absolute Gasteiger partial charge is 0.293 e. The van der Waals surface area contributed by atoms with Crippen molar-refractivity contribution in [1.29, 1.82) is 0 Å². The van der Waals surface area contributed by atoms with Crippen molar-refractivity contribution in [3.63, 3.8) is 0 Å². The number of nitro benzene ring substituents is 1. The summed E-state index contributed by atoms with van der Waals surface area (Å²) >= 11 is 1.49. The molecule has 0 fully saturated rings. The van der Waals surface area contributed by atoms with Crippen molar-refractivity contribution in [2.24, 2.45) is 0 Å². The lowest BCUT2D eigenvalue weighted by atomic mass is 10.1. The average molecular weight is 306 g/mol. The molecule has 1 aromatic heterocycles. The summed E-state index contributed by atoms with van der Waals surface area (Å²) in [5.74, 6) is -0.379. The van der Waals surface area contributed by atoms with Gasteiger partial charge in [-0.05, 0) is 13.0 Å². The summed E-state index contributed by atoms with van der Waals surface area (Å²) < 4.78 is 0. The van der Waals surface area contributed by atoms with Crippen molar-refractivity contribution in [2.45, 2.75) is 13.5 Å². The van der Waals surface area contributed by atoms with Crippen LogP contribution in [0.1, 0.15) is 20.2 Å². The lowest BCUT2D eigenvalue weighted by molar-refractivity contribution is -0.384. The molecule has 0 atom stereocenters. The number of carbonyl (C=O) groups is 1. The summed E-state index contributed by atoms with van der Waals surface area (Å²) in [5.41, 5.74) is 0.311. The quantitative estimate of drug-likeness (QED) is 0.652. The fourth-order valence-corrected chi connectivity index (χ4v) is 2.61. The van der Waals surface area contributed by atoms with E-state index in [2.05, 4.69) is 15.6 Å². The second-order valence-corrected chi connectivity index (χ2v) is 5.57. The van der Waals surface area contributed by atoms with Gasteiger partial charge in [-0.25, -0.2) is 4.98 Å². The molecule has 1 heterocycles. The third-order valence-corrected chi connectivity index (χ3v) is 3.72. The number of aryl methyl sites for hydroxylation is 1. The molecule has 1 aromatic carbocycles. The minimum atomic E-state index is -0.521. The lowest BCUT2D eigenvalue weighted by Gasteiger charge is -2.09. The number of anilines is 1. The topological polar surface area (TPSA) is 97.2 Å². The van der Waals surface area contributed by atoms with E-state index in [1.807, 2.05) is 6.92 Å². The van der Waals surface area contributed by atoms with Gasteiger partial charge in [-0.1, -0.05) is 6.07 Å². The molecule has 7 nitrogen and oxygen atoms in total. The molecule has 2 rings (SSSR count). The Hall–Kier alpha value is -2.48. The maximum Gasteiger partial charge on any atom is 0.293 e. The van der Waals surface area contributed by atoms with Crippen LogP contribution in [-0.2, 0) is 6.54 Å². The van der Waals surface area contributed by atoms with Crippen LogP contribution in [0.2, 0.25) is 0 Å². The Morgan fingerprint density at radius 3 is 2.81 bits per heavy atom. The van der Waals surface area contributed by atoms with Crippen molar-refractivity contribution in [1.82, 2.24) is 10.3 Å². The number of hydrogen-bond donors (Lipinski definition) is 2. The first-order valence-corrected chi connectivity index (χ1v) is 6.99. The molecule has 0 aliphatic carbocycles. The normalized spacial score (nSPS) is 10.2. The molecule has 2 N–H and O–H groups in total. The summed E-state index contributed by atoms with van der Waals surface area (Å²) in [4.78, 5) is 27.8. The molecular weight excluding hydrogens is 292 g/mol. The zero-order chi connectivity index (χ0) is 15.4. The number of nitrogens with zero attached hydrogens (tertiary/aromatic N) is 2. The zero-order valence-corrected chi connectivity index (χ0v) is 12.4. The monoisotopic (exact) mass is 306 g/mol. The van der Waals surface area contributed by atoms with E-state index in [4.69, 9.17) is 0 Å². The van der Waals surface area contributed by atoms with E-state index in [1.54, 1.807) is 19.3 Å². The van der Waals surface area contributed by atoms with E-state index in [0.29, 0.717) is 6.54 Å². The van der Waals surface area contributed by atoms with Crippen molar-refractivity contribution in [3.8, 4) is 0 Å². The first kappa shape index (κ1) is 14.9. The van der Waals surface area contributed by atoms with Gasteiger partial charge in [-0.3, -0.25) is 14.9 Å². The van der Waals surface area contributed by atoms with E-state index in [9.17, 15) is 14.9 Å². The summed E-state index contributed by atoms with van der Waals surface area (Å²) in [6.07, 6.45) is 1.73. The number of para-hydroxylation sites is 1. The van der Waals surface area contributed by atoms with E-state index >= 15 is 0 Å². The van der Waals surface area contributed by atoms with Gasteiger partial charge < -0.3 is 10.6 Å². The van der Waals surface area contributed by atoms with Gasteiger partial charge in [0, 0.05) is 24.2 Å². The number of amides is 1. The molecule has 2 aromatic rings. The Kier molecular flexibility index (Phi) is 4.49. The van der Waals surface area contributed by atoms with Crippen LogP contribution in [0.5, 0.6) is 0 Å². The van der Waals surface area contributed by atoms with Gasteiger partial charge >= 0.3 is 0 Å². The van der Waals surface area contributed by atoms with E-state index in [0.717, 1.165) is 9.88 Å². The Morgan fingerprint density at radius 1 is 1.48 bits per heavy atom. The number of nitro groups is 1. The molecule has 1 amide bonds. The van der Waals surface area contributed by atoms with Crippen molar-refractivity contribution in [2.75, 3.05) is 12.4 Å². The number of aromatic nitrogens is 1. The molecule has 8 heteroatoms. The highest BCUT2D eigenvalue weighted by atomic mass is 32.1. The third-order valence-electron chi connectivity index (χ3n) is 2.80. The summed E-state index contributed by atoms with van der Waals surface area (Å²) in [6, 6.07) is 4.38. The fourth-order valence-electron chi connectivity index (χ4n) is 1.88. The van der Waals surface area contributed by atoms with E-state index in [1.165, 1.54) is 23.5 Å². The molecule has 0 radical (unpaired) electrons. The Balaban J connectivity index is 2.19. The largest absolute Gasteiger partial charge is 0.382 e. The van der Waals surface area contributed by atoms with E-state index < -0.39 is 4.92 Å². The highest BCUT2D eigenvalue weighted by molar-refractivity contribution is 7.11. The highest BCUT2D eigenvalue weighted by Gasteiger charge is 2.20. The van der Waals surface area contributed by atoms with Crippen molar-refractivity contribution in [3.05, 3.63) is 50.0 Å². The van der Waals surface area contributed by atoms with Crippen LogP contribution in [0.3, 0.4) is 0 Å². The van der Waals surface area contributed by atoms with Gasteiger partial charge in [0.2, 0.25) is 0 Å². The second kappa shape index (κ2) is 6.31. The molecule has 0 unspecified atom stereocenters. The predicted octanol–water partition coefficient (Wildman–Crippen LogP) is 2.33. The van der Waals surface area contributed by atoms with Crippen LogP contribution in [0, 0.1) is 17.0 Å². The van der Waals surface area contributed by atoms with Crippen molar-refractivity contribution < 1.29 is 9.72 Å². The zero-order valence-electron chi connectivity index (χ0n) is 11.5. The highest BCUT2D eigenvalue weighted by Crippen LogP contribution is 2.27. The molecule has 0 saturated carbocycles. The van der Waals surface area contributed by atoms with Gasteiger partial charge in [0.1, 0.15) is 10.7 Å². The Morgan fingerprint density at radius 2 is 2.24 bits per heavy atom. The molecule has 110 valence electrons. The number of thiazole rings is 1. The van der Waals surface area contributed by atoms with Crippen LogP contribution < -0.4 is 10.6 Å². The van der Waals surface area contributed by atoms with Crippen LogP contribution in [0.4, 0.5) is 11.4 Å². The van der Waals surface area contributed by atoms with Gasteiger partial charge in [0.05, 0.1) is 17.0 Å². The molecule has 0 aliphatic heterocycles. The summed E-state index contributed by atoms with van der Waals surface area (Å²) in [5, 5.41) is 17.2. The minimum Gasteiger partial charge on any atom is -0.382 e. The molecule has 0 bridgehead atoms. The van der Waals surface area contributed by atoms with Gasteiger partial charge in [0.25, 0.3) is 11.6 Å². The van der Waals surface area contributed by atoms with Crippen molar-refractivity contribution >= 4 is 28.6 Å². The summed E-state index contributed by atoms with van der Waals surface area (Å²) in [7, 11) is 1.54. The Labute approximate surface area is 125 Å².